The molecule has 0 aromatic carbocycles. The first kappa shape index (κ1) is 8.74. The lowest BCUT2D eigenvalue weighted by Crippen LogP contribution is -2.00. The summed E-state index contributed by atoms with van der Waals surface area (Å²) in [5.41, 5.74) is 0. The molecule has 0 aliphatic carbocycles. The van der Waals surface area contributed by atoms with Gasteiger partial charge >= 0.3 is 0 Å². The Balaban J connectivity index is 3.13. The maximum atomic E-state index is 11.2. The van der Waals surface area contributed by atoms with Crippen molar-refractivity contribution in [2.24, 2.45) is 0 Å². The Labute approximate surface area is 70.8 Å². The minimum absolute atomic E-state index is 0.187. The van der Waals surface area contributed by atoms with Crippen LogP contribution in [0, 0.1) is 6.92 Å². The molecule has 1 heterocycles. The average molecular weight is 190 g/mol. The molecule has 0 aliphatic heterocycles. The minimum atomic E-state index is -2.96. The SMILES string of the molecule is CCS(=O)(=O)c1ccc(C)s1. The molecule has 1 rings (SSSR count). The summed E-state index contributed by atoms with van der Waals surface area (Å²) in [4.78, 5) is 1.04. The van der Waals surface area contributed by atoms with Crippen molar-refractivity contribution >= 4 is 21.2 Å². The molecule has 0 spiro atoms. The van der Waals surface area contributed by atoms with Gasteiger partial charge in [0.05, 0.1) is 5.75 Å². The normalized spacial score (nSPS) is 11.8. The Bertz CT molecular complexity index is 335. The summed E-state index contributed by atoms with van der Waals surface area (Å²) in [5.74, 6) is 0.187. The fourth-order valence-corrected chi connectivity index (χ4v) is 3.13. The van der Waals surface area contributed by atoms with E-state index in [1.165, 1.54) is 11.3 Å². The number of thiophene rings is 1. The predicted octanol–water partition coefficient (Wildman–Crippen LogP) is 1.85. The smallest absolute Gasteiger partial charge is 0.187 e. The highest BCUT2D eigenvalue weighted by Gasteiger charge is 2.12. The van der Waals surface area contributed by atoms with Gasteiger partial charge in [-0.3, -0.25) is 0 Å². The third kappa shape index (κ3) is 1.81. The van der Waals surface area contributed by atoms with Gasteiger partial charge in [-0.25, -0.2) is 8.42 Å². The lowest BCUT2D eigenvalue weighted by atomic mass is 10.5. The molecule has 1 aromatic rings. The zero-order chi connectivity index (χ0) is 8.48. The molecule has 0 radical (unpaired) electrons. The van der Waals surface area contributed by atoms with Crippen LogP contribution in [0.1, 0.15) is 11.8 Å². The first-order valence-corrected chi connectivity index (χ1v) is 5.82. The highest BCUT2D eigenvalue weighted by molar-refractivity contribution is 7.93. The van der Waals surface area contributed by atoms with Crippen LogP contribution in [-0.2, 0) is 9.84 Å². The van der Waals surface area contributed by atoms with E-state index in [-0.39, 0.29) is 5.75 Å². The number of sulfone groups is 1. The lowest BCUT2D eigenvalue weighted by molar-refractivity contribution is 0.599. The molecule has 1 aromatic heterocycles. The molecule has 0 amide bonds. The van der Waals surface area contributed by atoms with Gasteiger partial charge in [0.25, 0.3) is 0 Å². The number of hydrogen-bond acceptors (Lipinski definition) is 3. The summed E-state index contributed by atoms with van der Waals surface area (Å²) in [6.45, 7) is 3.56. The second-order valence-electron chi connectivity index (χ2n) is 2.27. The zero-order valence-corrected chi connectivity index (χ0v) is 8.13. The molecule has 0 saturated heterocycles. The molecule has 0 atom stereocenters. The van der Waals surface area contributed by atoms with E-state index in [4.69, 9.17) is 0 Å². The lowest BCUT2D eigenvalue weighted by Gasteiger charge is -1.93. The van der Waals surface area contributed by atoms with E-state index in [0.29, 0.717) is 4.21 Å². The van der Waals surface area contributed by atoms with Gasteiger partial charge in [0.1, 0.15) is 4.21 Å². The monoisotopic (exact) mass is 190 g/mol. The Kier molecular flexibility index (Phi) is 2.34. The fourth-order valence-electron chi connectivity index (χ4n) is 0.722. The quantitative estimate of drug-likeness (QED) is 0.713. The maximum absolute atomic E-state index is 11.2. The predicted molar refractivity (Wildman–Crippen MR) is 46.8 cm³/mol. The summed E-state index contributed by atoms with van der Waals surface area (Å²) >= 11 is 1.33. The molecule has 0 N–H and O–H groups in total. The number of hydrogen-bond donors (Lipinski definition) is 0. The molecule has 0 saturated carbocycles. The highest BCUT2D eigenvalue weighted by atomic mass is 32.2. The van der Waals surface area contributed by atoms with Crippen molar-refractivity contribution in [1.29, 1.82) is 0 Å². The van der Waals surface area contributed by atoms with E-state index in [1.54, 1.807) is 13.0 Å². The molecule has 0 fully saturated rings. The van der Waals surface area contributed by atoms with Crippen molar-refractivity contribution in [3.63, 3.8) is 0 Å². The largest absolute Gasteiger partial charge is 0.223 e. The van der Waals surface area contributed by atoms with Gasteiger partial charge < -0.3 is 0 Å². The molecule has 2 nitrogen and oxygen atoms in total. The molecular formula is C7H10O2S2. The second-order valence-corrected chi connectivity index (χ2v) is 6.06. The number of aryl methyl sites for hydroxylation is 1. The molecular weight excluding hydrogens is 180 g/mol. The maximum Gasteiger partial charge on any atom is 0.187 e. The molecule has 62 valence electrons. The average Bonchev–Trinajstić information content (AvgIpc) is 2.36. The first-order chi connectivity index (χ1) is 5.06. The van der Waals surface area contributed by atoms with Crippen LogP contribution in [-0.4, -0.2) is 14.2 Å². The van der Waals surface area contributed by atoms with E-state index in [2.05, 4.69) is 0 Å². The van der Waals surface area contributed by atoms with Crippen LogP contribution in [0.25, 0.3) is 0 Å². The fraction of sp³-hybridized carbons (Fsp3) is 0.429. The first-order valence-electron chi connectivity index (χ1n) is 3.35. The van der Waals surface area contributed by atoms with Crippen LogP contribution in [0.4, 0.5) is 0 Å². The topological polar surface area (TPSA) is 34.1 Å². The summed E-state index contributed by atoms with van der Waals surface area (Å²) in [7, 11) is -2.96. The van der Waals surface area contributed by atoms with Crippen molar-refractivity contribution in [3.8, 4) is 0 Å². The van der Waals surface area contributed by atoms with E-state index in [0.717, 1.165) is 4.88 Å². The van der Waals surface area contributed by atoms with Crippen molar-refractivity contribution in [2.75, 3.05) is 5.75 Å². The summed E-state index contributed by atoms with van der Waals surface area (Å²) in [5, 5.41) is 0. The van der Waals surface area contributed by atoms with E-state index in [1.807, 2.05) is 13.0 Å². The van der Waals surface area contributed by atoms with Crippen molar-refractivity contribution < 1.29 is 8.42 Å². The third-order valence-corrected chi connectivity index (χ3v) is 4.72. The van der Waals surface area contributed by atoms with E-state index < -0.39 is 9.84 Å². The molecule has 4 heteroatoms. The Hall–Kier alpha value is -0.350. The summed E-state index contributed by atoms with van der Waals surface area (Å²) < 4.78 is 22.9. The van der Waals surface area contributed by atoms with Crippen LogP contribution in [0.5, 0.6) is 0 Å². The zero-order valence-electron chi connectivity index (χ0n) is 6.49. The van der Waals surface area contributed by atoms with Gasteiger partial charge in [-0.05, 0) is 19.1 Å². The van der Waals surface area contributed by atoms with E-state index in [9.17, 15) is 8.42 Å². The minimum Gasteiger partial charge on any atom is -0.223 e. The van der Waals surface area contributed by atoms with Crippen LogP contribution < -0.4 is 0 Å². The number of rotatable bonds is 2. The standard InChI is InChI=1S/C7H10O2S2/c1-3-11(8,9)7-5-4-6(2)10-7/h4-5H,3H2,1-2H3. The Morgan fingerprint density at radius 2 is 2.09 bits per heavy atom. The second kappa shape index (κ2) is 2.95. The third-order valence-electron chi connectivity index (χ3n) is 1.40. The summed E-state index contributed by atoms with van der Waals surface area (Å²) in [6.07, 6.45) is 0. The van der Waals surface area contributed by atoms with Gasteiger partial charge in [-0.15, -0.1) is 11.3 Å². The van der Waals surface area contributed by atoms with E-state index >= 15 is 0 Å². The van der Waals surface area contributed by atoms with Crippen LogP contribution in [0.2, 0.25) is 0 Å². The van der Waals surface area contributed by atoms with Crippen LogP contribution in [0.15, 0.2) is 16.3 Å². The van der Waals surface area contributed by atoms with Crippen molar-refractivity contribution in [3.05, 3.63) is 17.0 Å². The summed E-state index contributed by atoms with van der Waals surface area (Å²) in [6, 6.07) is 3.49. The van der Waals surface area contributed by atoms with Crippen molar-refractivity contribution in [1.82, 2.24) is 0 Å². The van der Waals surface area contributed by atoms with Gasteiger partial charge in [-0.2, -0.15) is 0 Å². The molecule has 0 bridgehead atoms. The van der Waals surface area contributed by atoms with Gasteiger partial charge in [0, 0.05) is 4.88 Å². The van der Waals surface area contributed by atoms with Crippen LogP contribution in [0.3, 0.4) is 0 Å². The Morgan fingerprint density at radius 3 is 2.45 bits per heavy atom. The highest BCUT2D eigenvalue weighted by Crippen LogP contribution is 2.21. The van der Waals surface area contributed by atoms with Crippen molar-refractivity contribution in [2.45, 2.75) is 18.1 Å². The van der Waals surface area contributed by atoms with Gasteiger partial charge in [0.15, 0.2) is 9.84 Å². The van der Waals surface area contributed by atoms with Gasteiger partial charge in [-0.1, -0.05) is 6.92 Å². The molecule has 0 aliphatic rings. The molecule has 11 heavy (non-hydrogen) atoms. The Morgan fingerprint density at radius 1 is 1.45 bits per heavy atom. The van der Waals surface area contributed by atoms with Crippen LogP contribution >= 0.6 is 11.3 Å². The van der Waals surface area contributed by atoms with Gasteiger partial charge in [0.2, 0.25) is 0 Å². The molecule has 0 unspecified atom stereocenters.